The van der Waals surface area contributed by atoms with Crippen molar-refractivity contribution in [3.05, 3.63) is 23.3 Å². The molecule has 1 aromatic rings. The molecule has 76 valence electrons. The summed E-state index contributed by atoms with van der Waals surface area (Å²) < 4.78 is 5.08. The Morgan fingerprint density at radius 1 is 1.43 bits per heavy atom. The van der Waals surface area contributed by atoms with E-state index in [0.717, 1.165) is 11.1 Å². The zero-order valence-electron chi connectivity index (χ0n) is 8.20. The summed E-state index contributed by atoms with van der Waals surface area (Å²) in [6.45, 7) is 3.35. The summed E-state index contributed by atoms with van der Waals surface area (Å²) in [5.41, 5.74) is 8.09. The van der Waals surface area contributed by atoms with Crippen molar-refractivity contribution >= 4 is 11.7 Å². The van der Waals surface area contributed by atoms with E-state index in [-0.39, 0.29) is 6.61 Å². The molecule has 0 aromatic heterocycles. The lowest BCUT2D eigenvalue weighted by Gasteiger charge is -2.09. The Hall–Kier alpha value is -1.71. The van der Waals surface area contributed by atoms with Crippen molar-refractivity contribution in [1.29, 1.82) is 0 Å². The number of nitrogens with two attached hydrogens (primary N) is 1. The Balaban J connectivity index is 2.87. The second-order valence-corrected chi connectivity index (χ2v) is 3.16. The summed E-state index contributed by atoms with van der Waals surface area (Å²) in [5.74, 6) is -0.419. The van der Waals surface area contributed by atoms with Crippen LogP contribution in [0, 0.1) is 13.8 Å². The SMILES string of the molecule is Cc1cc(OCC(=O)O)c(C)cc1N. The summed E-state index contributed by atoms with van der Waals surface area (Å²) in [4.78, 5) is 10.3. The van der Waals surface area contributed by atoms with E-state index in [0.29, 0.717) is 11.4 Å². The molecule has 0 atom stereocenters. The summed E-state index contributed by atoms with van der Waals surface area (Å²) >= 11 is 0. The van der Waals surface area contributed by atoms with Crippen LogP contribution in [0.3, 0.4) is 0 Å². The van der Waals surface area contributed by atoms with Gasteiger partial charge in [-0.1, -0.05) is 0 Å². The van der Waals surface area contributed by atoms with E-state index >= 15 is 0 Å². The van der Waals surface area contributed by atoms with Crippen molar-refractivity contribution in [1.82, 2.24) is 0 Å². The summed E-state index contributed by atoms with van der Waals surface area (Å²) in [6, 6.07) is 3.51. The molecule has 0 aliphatic carbocycles. The molecule has 0 unspecified atom stereocenters. The Kier molecular flexibility index (Phi) is 2.96. The number of carboxylic acid groups (broad SMARTS) is 1. The minimum absolute atomic E-state index is 0.329. The zero-order chi connectivity index (χ0) is 10.7. The van der Waals surface area contributed by atoms with E-state index in [1.54, 1.807) is 12.1 Å². The lowest BCUT2D eigenvalue weighted by atomic mass is 10.1. The van der Waals surface area contributed by atoms with Gasteiger partial charge >= 0.3 is 5.97 Å². The van der Waals surface area contributed by atoms with Crippen LogP contribution in [0.25, 0.3) is 0 Å². The first kappa shape index (κ1) is 10.4. The third kappa shape index (κ3) is 2.39. The highest BCUT2D eigenvalue weighted by Crippen LogP contribution is 2.23. The van der Waals surface area contributed by atoms with Gasteiger partial charge in [-0.3, -0.25) is 0 Å². The van der Waals surface area contributed by atoms with Crippen LogP contribution in [-0.2, 0) is 4.79 Å². The number of carbonyl (C=O) groups is 1. The number of anilines is 1. The number of nitrogen functional groups attached to an aromatic ring is 1. The van der Waals surface area contributed by atoms with Crippen LogP contribution in [-0.4, -0.2) is 17.7 Å². The van der Waals surface area contributed by atoms with Crippen LogP contribution in [0.5, 0.6) is 5.75 Å². The molecular weight excluding hydrogens is 182 g/mol. The van der Waals surface area contributed by atoms with Gasteiger partial charge < -0.3 is 15.6 Å². The van der Waals surface area contributed by atoms with E-state index < -0.39 is 5.97 Å². The van der Waals surface area contributed by atoms with Gasteiger partial charge in [0.2, 0.25) is 0 Å². The monoisotopic (exact) mass is 195 g/mol. The van der Waals surface area contributed by atoms with Crippen molar-refractivity contribution < 1.29 is 14.6 Å². The molecule has 0 saturated carbocycles. The molecule has 0 aliphatic rings. The van der Waals surface area contributed by atoms with Gasteiger partial charge in [-0.05, 0) is 37.1 Å². The highest BCUT2D eigenvalue weighted by Gasteiger charge is 2.05. The number of aryl methyl sites for hydroxylation is 2. The van der Waals surface area contributed by atoms with Gasteiger partial charge in [0.15, 0.2) is 6.61 Å². The quantitative estimate of drug-likeness (QED) is 0.714. The van der Waals surface area contributed by atoms with Gasteiger partial charge in [-0.25, -0.2) is 4.79 Å². The fraction of sp³-hybridized carbons (Fsp3) is 0.300. The fourth-order valence-electron chi connectivity index (χ4n) is 1.11. The fourth-order valence-corrected chi connectivity index (χ4v) is 1.11. The topological polar surface area (TPSA) is 72.5 Å². The van der Waals surface area contributed by atoms with Gasteiger partial charge in [0.1, 0.15) is 5.75 Å². The second kappa shape index (κ2) is 4.00. The molecule has 0 saturated heterocycles. The lowest BCUT2D eigenvalue weighted by molar-refractivity contribution is -0.139. The highest BCUT2D eigenvalue weighted by atomic mass is 16.5. The van der Waals surface area contributed by atoms with Crippen molar-refractivity contribution in [2.45, 2.75) is 13.8 Å². The van der Waals surface area contributed by atoms with Crippen molar-refractivity contribution in [3.63, 3.8) is 0 Å². The van der Waals surface area contributed by atoms with E-state index in [9.17, 15) is 4.79 Å². The first-order chi connectivity index (χ1) is 6.50. The van der Waals surface area contributed by atoms with Gasteiger partial charge in [0.25, 0.3) is 0 Å². The third-order valence-corrected chi connectivity index (χ3v) is 1.91. The molecule has 1 rings (SSSR count). The van der Waals surface area contributed by atoms with Crippen LogP contribution >= 0.6 is 0 Å². The average Bonchev–Trinajstić information content (AvgIpc) is 2.09. The van der Waals surface area contributed by atoms with E-state index in [2.05, 4.69) is 0 Å². The van der Waals surface area contributed by atoms with Gasteiger partial charge in [0, 0.05) is 5.69 Å². The predicted octanol–water partition coefficient (Wildman–Crippen LogP) is 1.35. The molecule has 0 amide bonds. The number of benzene rings is 1. The molecule has 0 spiro atoms. The maximum absolute atomic E-state index is 10.3. The van der Waals surface area contributed by atoms with Gasteiger partial charge in [-0.2, -0.15) is 0 Å². The number of aliphatic carboxylic acids is 1. The van der Waals surface area contributed by atoms with Crippen LogP contribution in [0.4, 0.5) is 5.69 Å². The zero-order valence-corrected chi connectivity index (χ0v) is 8.20. The maximum Gasteiger partial charge on any atom is 0.341 e. The number of ether oxygens (including phenoxy) is 1. The van der Waals surface area contributed by atoms with Crippen molar-refractivity contribution in [2.75, 3.05) is 12.3 Å². The molecule has 4 heteroatoms. The van der Waals surface area contributed by atoms with Crippen LogP contribution < -0.4 is 10.5 Å². The normalized spacial score (nSPS) is 9.86. The Morgan fingerprint density at radius 3 is 2.64 bits per heavy atom. The average molecular weight is 195 g/mol. The molecule has 0 fully saturated rings. The number of hydrogen-bond donors (Lipinski definition) is 2. The first-order valence-electron chi connectivity index (χ1n) is 4.22. The predicted molar refractivity (Wildman–Crippen MR) is 53.5 cm³/mol. The minimum atomic E-state index is -0.987. The van der Waals surface area contributed by atoms with Gasteiger partial charge in [0.05, 0.1) is 0 Å². The molecule has 1 aromatic carbocycles. The molecule has 0 radical (unpaired) electrons. The Bertz CT molecular complexity index is 361. The second-order valence-electron chi connectivity index (χ2n) is 3.16. The van der Waals surface area contributed by atoms with E-state index in [4.69, 9.17) is 15.6 Å². The molecular formula is C10H13NO3. The van der Waals surface area contributed by atoms with Crippen LogP contribution in [0.15, 0.2) is 12.1 Å². The van der Waals surface area contributed by atoms with Crippen LogP contribution in [0.1, 0.15) is 11.1 Å². The largest absolute Gasteiger partial charge is 0.482 e. The number of hydrogen-bond acceptors (Lipinski definition) is 3. The van der Waals surface area contributed by atoms with E-state index in [1.165, 1.54) is 0 Å². The van der Waals surface area contributed by atoms with E-state index in [1.807, 2.05) is 13.8 Å². The number of rotatable bonds is 3. The standard InChI is InChI=1S/C10H13NO3/c1-6-4-9(14-5-10(12)13)7(2)3-8(6)11/h3-4H,5,11H2,1-2H3,(H,12,13). The lowest BCUT2D eigenvalue weighted by Crippen LogP contribution is -2.10. The summed E-state index contributed by atoms with van der Waals surface area (Å²) in [6.07, 6.45) is 0. The molecule has 0 bridgehead atoms. The Labute approximate surface area is 82.3 Å². The minimum Gasteiger partial charge on any atom is -0.482 e. The molecule has 4 nitrogen and oxygen atoms in total. The number of carboxylic acids is 1. The molecule has 3 N–H and O–H groups in total. The third-order valence-electron chi connectivity index (χ3n) is 1.91. The summed E-state index contributed by atoms with van der Waals surface area (Å²) in [7, 11) is 0. The van der Waals surface area contributed by atoms with Crippen molar-refractivity contribution in [2.24, 2.45) is 0 Å². The summed E-state index contributed by atoms with van der Waals surface area (Å²) in [5, 5.41) is 8.44. The maximum atomic E-state index is 10.3. The van der Waals surface area contributed by atoms with Gasteiger partial charge in [-0.15, -0.1) is 0 Å². The molecule has 14 heavy (non-hydrogen) atoms. The van der Waals surface area contributed by atoms with Crippen LogP contribution in [0.2, 0.25) is 0 Å². The smallest absolute Gasteiger partial charge is 0.341 e. The molecule has 0 heterocycles. The Morgan fingerprint density at radius 2 is 2.07 bits per heavy atom. The molecule has 0 aliphatic heterocycles. The van der Waals surface area contributed by atoms with Crippen molar-refractivity contribution in [3.8, 4) is 5.75 Å². The highest BCUT2D eigenvalue weighted by molar-refractivity contribution is 5.68. The first-order valence-corrected chi connectivity index (χ1v) is 4.22.